The molecule has 86 valence electrons. The quantitative estimate of drug-likeness (QED) is 0.518. The van der Waals surface area contributed by atoms with Crippen LogP contribution in [0, 0.1) is 16.7 Å². The van der Waals surface area contributed by atoms with Gasteiger partial charge in [-0.05, 0) is 26.7 Å². The fraction of sp³-hybridized carbons (Fsp3) is 0.833. The second kappa shape index (κ2) is 5.16. The van der Waals surface area contributed by atoms with E-state index in [4.69, 9.17) is 10.00 Å². The summed E-state index contributed by atoms with van der Waals surface area (Å²) in [4.78, 5) is 11.0. The third-order valence-corrected chi connectivity index (χ3v) is 3.12. The largest absolute Gasteiger partial charge is 0.459 e. The van der Waals surface area contributed by atoms with Gasteiger partial charge in [-0.2, -0.15) is 5.26 Å². The standard InChI is InChI=1S/C12H21NO2/c1-10(14)15-12(4,5)11(2,3)8-6-7-9-13/h6-8H2,1-5H3. The summed E-state index contributed by atoms with van der Waals surface area (Å²) < 4.78 is 5.31. The van der Waals surface area contributed by atoms with Crippen LogP contribution in [0.15, 0.2) is 0 Å². The van der Waals surface area contributed by atoms with E-state index >= 15 is 0 Å². The molecule has 0 bridgehead atoms. The van der Waals surface area contributed by atoms with E-state index in [-0.39, 0.29) is 11.4 Å². The maximum Gasteiger partial charge on any atom is 0.303 e. The van der Waals surface area contributed by atoms with E-state index in [1.807, 2.05) is 13.8 Å². The highest BCUT2D eigenvalue weighted by Crippen LogP contribution is 2.38. The molecular formula is C12H21NO2. The molecule has 0 aromatic heterocycles. The smallest absolute Gasteiger partial charge is 0.303 e. The Hall–Kier alpha value is -1.04. The first-order chi connectivity index (χ1) is 6.73. The number of nitriles is 1. The molecule has 0 amide bonds. The van der Waals surface area contributed by atoms with Crippen molar-refractivity contribution in [2.75, 3.05) is 0 Å². The Labute approximate surface area is 92.4 Å². The molecule has 0 heterocycles. The molecule has 0 radical (unpaired) electrons. The van der Waals surface area contributed by atoms with Crippen LogP contribution in [-0.2, 0) is 9.53 Å². The van der Waals surface area contributed by atoms with Crippen molar-refractivity contribution in [3.05, 3.63) is 0 Å². The lowest BCUT2D eigenvalue weighted by Crippen LogP contribution is -2.42. The Bertz CT molecular complexity index is 261. The number of nitrogens with zero attached hydrogens (tertiary/aromatic N) is 1. The van der Waals surface area contributed by atoms with Crippen LogP contribution in [0.1, 0.15) is 53.9 Å². The summed E-state index contributed by atoms with van der Waals surface area (Å²) in [6, 6.07) is 2.12. The van der Waals surface area contributed by atoms with Crippen LogP contribution >= 0.6 is 0 Å². The second-order valence-electron chi connectivity index (χ2n) is 5.00. The summed E-state index contributed by atoms with van der Waals surface area (Å²) in [5, 5.41) is 8.48. The molecule has 3 heteroatoms. The minimum absolute atomic E-state index is 0.116. The molecule has 0 atom stereocenters. The predicted octanol–water partition coefficient (Wildman–Crippen LogP) is 3.05. The highest BCUT2D eigenvalue weighted by Gasteiger charge is 2.39. The van der Waals surface area contributed by atoms with Gasteiger partial charge in [0.2, 0.25) is 0 Å². The van der Waals surface area contributed by atoms with Crippen LogP contribution in [0.25, 0.3) is 0 Å². The lowest BCUT2D eigenvalue weighted by atomic mass is 9.73. The van der Waals surface area contributed by atoms with Crippen LogP contribution in [-0.4, -0.2) is 11.6 Å². The molecule has 0 aromatic carbocycles. The number of rotatable bonds is 5. The van der Waals surface area contributed by atoms with Crippen LogP contribution in [0.5, 0.6) is 0 Å². The van der Waals surface area contributed by atoms with Crippen LogP contribution in [0.3, 0.4) is 0 Å². The molecule has 0 rings (SSSR count). The molecule has 0 N–H and O–H groups in total. The average Bonchev–Trinajstić information content (AvgIpc) is 2.01. The molecule has 0 saturated heterocycles. The Balaban J connectivity index is 4.41. The van der Waals surface area contributed by atoms with Gasteiger partial charge in [0.15, 0.2) is 0 Å². The van der Waals surface area contributed by atoms with Gasteiger partial charge in [0.1, 0.15) is 5.60 Å². The van der Waals surface area contributed by atoms with E-state index in [0.717, 1.165) is 12.8 Å². The molecule has 3 nitrogen and oxygen atoms in total. The van der Waals surface area contributed by atoms with E-state index in [1.165, 1.54) is 6.92 Å². The number of carbonyl (C=O) groups excluding carboxylic acids is 1. The minimum atomic E-state index is -0.492. The highest BCUT2D eigenvalue weighted by molar-refractivity contribution is 5.66. The second-order valence-corrected chi connectivity index (χ2v) is 5.00. The fourth-order valence-electron chi connectivity index (χ4n) is 1.41. The number of unbranched alkanes of at least 4 members (excludes halogenated alkanes) is 1. The monoisotopic (exact) mass is 211 g/mol. The predicted molar refractivity (Wildman–Crippen MR) is 59.1 cm³/mol. The zero-order valence-corrected chi connectivity index (χ0v) is 10.4. The Kier molecular flexibility index (Phi) is 4.80. The summed E-state index contributed by atoms with van der Waals surface area (Å²) in [6.45, 7) is 9.38. The molecule has 0 aliphatic carbocycles. The Morgan fingerprint density at radius 3 is 2.27 bits per heavy atom. The normalized spacial score (nSPS) is 12.0. The first-order valence-corrected chi connectivity index (χ1v) is 5.29. The lowest BCUT2D eigenvalue weighted by Gasteiger charge is -2.40. The van der Waals surface area contributed by atoms with Crippen LogP contribution < -0.4 is 0 Å². The van der Waals surface area contributed by atoms with Gasteiger partial charge in [-0.15, -0.1) is 0 Å². The van der Waals surface area contributed by atoms with Crippen molar-refractivity contribution in [2.45, 2.75) is 59.5 Å². The van der Waals surface area contributed by atoms with Gasteiger partial charge in [0.05, 0.1) is 6.07 Å². The number of hydrogen-bond acceptors (Lipinski definition) is 3. The first kappa shape index (κ1) is 14.0. The summed E-state index contributed by atoms with van der Waals surface area (Å²) >= 11 is 0. The van der Waals surface area contributed by atoms with E-state index in [0.29, 0.717) is 6.42 Å². The van der Waals surface area contributed by atoms with Crippen molar-refractivity contribution in [3.8, 4) is 6.07 Å². The zero-order valence-electron chi connectivity index (χ0n) is 10.4. The van der Waals surface area contributed by atoms with Gasteiger partial charge >= 0.3 is 5.97 Å². The van der Waals surface area contributed by atoms with Crippen LogP contribution in [0.2, 0.25) is 0 Å². The topological polar surface area (TPSA) is 50.1 Å². The maximum atomic E-state index is 11.0. The fourth-order valence-corrected chi connectivity index (χ4v) is 1.41. The molecular weight excluding hydrogens is 190 g/mol. The van der Waals surface area contributed by atoms with Gasteiger partial charge in [-0.3, -0.25) is 4.79 Å². The molecule has 0 fully saturated rings. The molecule has 0 saturated carbocycles. The number of hydrogen-bond donors (Lipinski definition) is 0. The summed E-state index contributed by atoms with van der Waals surface area (Å²) in [6.07, 6.45) is 2.27. The van der Waals surface area contributed by atoms with Crippen molar-refractivity contribution < 1.29 is 9.53 Å². The van der Waals surface area contributed by atoms with Crippen LogP contribution in [0.4, 0.5) is 0 Å². The van der Waals surface area contributed by atoms with E-state index in [1.54, 1.807) is 0 Å². The van der Waals surface area contributed by atoms with Crippen molar-refractivity contribution in [3.63, 3.8) is 0 Å². The molecule has 15 heavy (non-hydrogen) atoms. The molecule has 0 unspecified atom stereocenters. The highest BCUT2D eigenvalue weighted by atomic mass is 16.6. The molecule has 0 spiro atoms. The Morgan fingerprint density at radius 2 is 1.87 bits per heavy atom. The summed E-state index contributed by atoms with van der Waals surface area (Å²) in [5.74, 6) is -0.256. The number of esters is 1. The van der Waals surface area contributed by atoms with Gasteiger partial charge in [0.25, 0.3) is 0 Å². The van der Waals surface area contributed by atoms with Gasteiger partial charge in [-0.1, -0.05) is 13.8 Å². The van der Waals surface area contributed by atoms with E-state index < -0.39 is 5.60 Å². The Morgan fingerprint density at radius 1 is 1.33 bits per heavy atom. The maximum absolute atomic E-state index is 11.0. The zero-order chi connectivity index (χ0) is 12.1. The number of carbonyl (C=O) groups is 1. The third-order valence-electron chi connectivity index (χ3n) is 3.12. The van der Waals surface area contributed by atoms with Crippen molar-refractivity contribution in [2.24, 2.45) is 5.41 Å². The SMILES string of the molecule is CC(=O)OC(C)(C)C(C)(C)CCCC#N. The van der Waals surface area contributed by atoms with Crippen molar-refractivity contribution in [1.82, 2.24) is 0 Å². The van der Waals surface area contributed by atoms with Gasteiger partial charge in [0, 0.05) is 18.8 Å². The molecule has 0 aliphatic rings. The first-order valence-electron chi connectivity index (χ1n) is 5.29. The summed E-state index contributed by atoms with van der Waals surface area (Å²) in [7, 11) is 0. The van der Waals surface area contributed by atoms with Gasteiger partial charge in [-0.25, -0.2) is 0 Å². The van der Waals surface area contributed by atoms with Gasteiger partial charge < -0.3 is 4.74 Å². The molecule has 0 aromatic rings. The van der Waals surface area contributed by atoms with E-state index in [9.17, 15) is 4.79 Å². The average molecular weight is 211 g/mol. The third kappa shape index (κ3) is 4.33. The van der Waals surface area contributed by atoms with Crippen molar-refractivity contribution in [1.29, 1.82) is 5.26 Å². The van der Waals surface area contributed by atoms with E-state index in [2.05, 4.69) is 19.9 Å². The summed E-state index contributed by atoms with van der Waals surface area (Å²) in [5.41, 5.74) is -0.607. The lowest BCUT2D eigenvalue weighted by molar-refractivity contribution is -0.166. The molecule has 0 aliphatic heterocycles. The number of ether oxygens (including phenoxy) is 1. The minimum Gasteiger partial charge on any atom is -0.459 e. The van der Waals surface area contributed by atoms with Crippen molar-refractivity contribution >= 4 is 5.97 Å².